The maximum Gasteiger partial charge on any atom is 0.256 e. The molecule has 3 heteroatoms. The van der Waals surface area contributed by atoms with Gasteiger partial charge in [-0.2, -0.15) is 0 Å². The van der Waals surface area contributed by atoms with Gasteiger partial charge in [0.25, 0.3) is 5.91 Å². The van der Waals surface area contributed by atoms with Crippen molar-refractivity contribution in [3.8, 4) is 0 Å². The summed E-state index contributed by atoms with van der Waals surface area (Å²) in [6.07, 6.45) is 5.02. The largest absolute Gasteiger partial charge is 0.338 e. The molecule has 2 aliphatic rings. The van der Waals surface area contributed by atoms with E-state index < -0.39 is 5.82 Å². The number of amides is 1. The van der Waals surface area contributed by atoms with Crippen molar-refractivity contribution in [2.24, 2.45) is 11.8 Å². The van der Waals surface area contributed by atoms with E-state index in [2.05, 4.69) is 0 Å². The third kappa shape index (κ3) is 2.02. The van der Waals surface area contributed by atoms with Crippen LogP contribution in [0.4, 0.5) is 4.39 Å². The molecule has 0 aromatic heterocycles. The van der Waals surface area contributed by atoms with Gasteiger partial charge in [-0.25, -0.2) is 4.39 Å². The summed E-state index contributed by atoms with van der Waals surface area (Å²) in [7, 11) is 0. The fourth-order valence-corrected chi connectivity index (χ4v) is 3.38. The zero-order valence-corrected chi connectivity index (χ0v) is 10.4. The van der Waals surface area contributed by atoms with Gasteiger partial charge < -0.3 is 4.90 Å². The van der Waals surface area contributed by atoms with E-state index in [-0.39, 0.29) is 11.5 Å². The van der Waals surface area contributed by atoms with Gasteiger partial charge >= 0.3 is 0 Å². The number of carbonyl (C=O) groups is 1. The average Bonchev–Trinajstić information content (AvgIpc) is 2.82. The van der Waals surface area contributed by atoms with E-state index in [4.69, 9.17) is 0 Å². The third-order valence-electron chi connectivity index (χ3n) is 4.37. The highest BCUT2D eigenvalue weighted by atomic mass is 19.1. The molecule has 0 radical (unpaired) electrons. The number of nitrogens with zero attached hydrogens (tertiary/aromatic N) is 1. The molecular formula is C15H18FNO. The van der Waals surface area contributed by atoms with Crippen LogP contribution in [-0.4, -0.2) is 23.9 Å². The van der Waals surface area contributed by atoms with Crippen LogP contribution in [0.15, 0.2) is 24.3 Å². The number of hydrogen-bond donors (Lipinski definition) is 0. The lowest BCUT2D eigenvalue weighted by Gasteiger charge is -2.22. The van der Waals surface area contributed by atoms with E-state index in [0.29, 0.717) is 11.8 Å². The molecule has 18 heavy (non-hydrogen) atoms. The summed E-state index contributed by atoms with van der Waals surface area (Å²) in [6.45, 7) is 1.63. The Morgan fingerprint density at radius 3 is 2.33 bits per heavy atom. The number of hydrogen-bond acceptors (Lipinski definition) is 1. The maximum absolute atomic E-state index is 13.6. The molecule has 1 amide bonds. The Morgan fingerprint density at radius 2 is 1.72 bits per heavy atom. The molecule has 0 spiro atoms. The molecule has 1 aromatic rings. The van der Waals surface area contributed by atoms with E-state index in [0.717, 1.165) is 13.1 Å². The number of fused-ring (bicyclic) bond motifs is 1. The average molecular weight is 247 g/mol. The van der Waals surface area contributed by atoms with Gasteiger partial charge in [0.15, 0.2) is 0 Å². The van der Waals surface area contributed by atoms with Crippen LogP contribution >= 0.6 is 0 Å². The molecule has 2 nitrogen and oxygen atoms in total. The Kier molecular flexibility index (Phi) is 3.06. The molecule has 1 saturated carbocycles. The number of benzene rings is 1. The minimum absolute atomic E-state index is 0.137. The quantitative estimate of drug-likeness (QED) is 0.746. The number of likely N-dealkylation sites (tertiary alicyclic amines) is 1. The lowest BCUT2D eigenvalue weighted by Crippen LogP contribution is -2.29. The van der Waals surface area contributed by atoms with Crippen LogP contribution in [0.3, 0.4) is 0 Å². The number of rotatable bonds is 1. The van der Waals surface area contributed by atoms with Gasteiger partial charge in [-0.15, -0.1) is 0 Å². The fraction of sp³-hybridized carbons (Fsp3) is 0.533. The highest BCUT2D eigenvalue weighted by molar-refractivity contribution is 5.94. The molecule has 2 fully saturated rings. The minimum atomic E-state index is -0.405. The molecule has 3 rings (SSSR count). The highest BCUT2D eigenvalue weighted by Gasteiger charge is 2.37. The van der Waals surface area contributed by atoms with E-state index in [1.54, 1.807) is 18.2 Å². The van der Waals surface area contributed by atoms with Gasteiger partial charge in [0.1, 0.15) is 5.82 Å². The summed E-state index contributed by atoms with van der Waals surface area (Å²) in [6, 6.07) is 6.28. The Hall–Kier alpha value is -1.38. The summed E-state index contributed by atoms with van der Waals surface area (Å²) in [4.78, 5) is 14.1. The first-order chi connectivity index (χ1) is 8.75. The Labute approximate surface area is 107 Å². The molecular weight excluding hydrogens is 229 g/mol. The summed E-state index contributed by atoms with van der Waals surface area (Å²) in [5.74, 6) is 0.754. The fourth-order valence-electron chi connectivity index (χ4n) is 3.38. The van der Waals surface area contributed by atoms with Crippen molar-refractivity contribution in [2.45, 2.75) is 25.7 Å². The number of halogens is 1. The standard InChI is InChI=1S/C15H18FNO/c16-14-8-4-3-7-13(14)15(18)17-9-11-5-1-2-6-12(11)10-17/h3-4,7-8,11-12H,1-2,5-6,9-10H2. The second-order valence-electron chi connectivity index (χ2n) is 5.49. The summed E-state index contributed by atoms with van der Waals surface area (Å²) < 4.78 is 13.6. The van der Waals surface area contributed by atoms with Crippen molar-refractivity contribution < 1.29 is 9.18 Å². The van der Waals surface area contributed by atoms with Crippen LogP contribution in [0.1, 0.15) is 36.0 Å². The van der Waals surface area contributed by atoms with Gasteiger partial charge in [0, 0.05) is 13.1 Å². The lowest BCUT2D eigenvalue weighted by atomic mass is 9.82. The van der Waals surface area contributed by atoms with Crippen molar-refractivity contribution in [1.82, 2.24) is 4.90 Å². The minimum Gasteiger partial charge on any atom is -0.338 e. The molecule has 0 N–H and O–H groups in total. The summed E-state index contributed by atoms with van der Waals surface area (Å²) in [5, 5.41) is 0. The van der Waals surface area contributed by atoms with Crippen LogP contribution in [-0.2, 0) is 0 Å². The van der Waals surface area contributed by atoms with E-state index >= 15 is 0 Å². The first-order valence-electron chi connectivity index (χ1n) is 6.79. The predicted molar refractivity (Wildman–Crippen MR) is 67.8 cm³/mol. The van der Waals surface area contributed by atoms with Crippen LogP contribution in [0, 0.1) is 17.7 Å². The molecule has 0 bridgehead atoms. The van der Waals surface area contributed by atoms with E-state index in [1.807, 2.05) is 4.90 Å². The normalized spacial score (nSPS) is 27.1. The highest BCUT2D eigenvalue weighted by Crippen LogP contribution is 2.36. The smallest absolute Gasteiger partial charge is 0.256 e. The molecule has 1 aliphatic heterocycles. The van der Waals surface area contributed by atoms with Crippen LogP contribution in [0.2, 0.25) is 0 Å². The van der Waals surface area contributed by atoms with Gasteiger partial charge in [0.2, 0.25) is 0 Å². The van der Waals surface area contributed by atoms with Crippen LogP contribution in [0.25, 0.3) is 0 Å². The Morgan fingerprint density at radius 1 is 1.11 bits per heavy atom. The SMILES string of the molecule is O=C(c1ccccc1F)N1CC2CCCCC2C1. The van der Waals surface area contributed by atoms with E-state index in [1.165, 1.54) is 31.7 Å². The Balaban J connectivity index is 1.76. The monoisotopic (exact) mass is 247 g/mol. The van der Waals surface area contributed by atoms with Gasteiger partial charge in [-0.05, 0) is 36.8 Å². The lowest BCUT2D eigenvalue weighted by molar-refractivity contribution is 0.0779. The first kappa shape index (κ1) is 11.7. The number of carbonyl (C=O) groups excluding carboxylic acids is 1. The van der Waals surface area contributed by atoms with Crippen LogP contribution < -0.4 is 0 Å². The van der Waals surface area contributed by atoms with Crippen molar-refractivity contribution >= 4 is 5.91 Å². The molecule has 96 valence electrons. The second kappa shape index (κ2) is 4.71. The third-order valence-corrected chi connectivity index (χ3v) is 4.37. The van der Waals surface area contributed by atoms with Crippen molar-refractivity contribution in [2.75, 3.05) is 13.1 Å². The zero-order chi connectivity index (χ0) is 12.5. The first-order valence-corrected chi connectivity index (χ1v) is 6.79. The van der Waals surface area contributed by atoms with Gasteiger partial charge in [-0.3, -0.25) is 4.79 Å². The zero-order valence-electron chi connectivity index (χ0n) is 10.4. The maximum atomic E-state index is 13.6. The molecule has 1 saturated heterocycles. The molecule has 1 heterocycles. The summed E-state index contributed by atoms with van der Waals surface area (Å²) in [5.41, 5.74) is 0.219. The van der Waals surface area contributed by atoms with E-state index in [9.17, 15) is 9.18 Å². The molecule has 1 aliphatic carbocycles. The summed E-state index contributed by atoms with van der Waals surface area (Å²) >= 11 is 0. The molecule has 1 aromatic carbocycles. The second-order valence-corrected chi connectivity index (χ2v) is 5.49. The Bertz CT molecular complexity index is 446. The van der Waals surface area contributed by atoms with Gasteiger partial charge in [0.05, 0.1) is 5.56 Å². The van der Waals surface area contributed by atoms with Crippen LogP contribution in [0.5, 0.6) is 0 Å². The predicted octanol–water partition coefficient (Wildman–Crippen LogP) is 3.09. The van der Waals surface area contributed by atoms with Crippen molar-refractivity contribution in [3.63, 3.8) is 0 Å². The van der Waals surface area contributed by atoms with Crippen molar-refractivity contribution in [1.29, 1.82) is 0 Å². The topological polar surface area (TPSA) is 20.3 Å². The van der Waals surface area contributed by atoms with Crippen molar-refractivity contribution in [3.05, 3.63) is 35.6 Å². The molecule has 2 unspecified atom stereocenters. The van der Waals surface area contributed by atoms with Gasteiger partial charge in [-0.1, -0.05) is 25.0 Å². The molecule has 2 atom stereocenters.